The fourth-order valence-corrected chi connectivity index (χ4v) is 3.75. The van der Waals surface area contributed by atoms with E-state index in [0.717, 1.165) is 11.4 Å². The number of hydrogen-bond acceptors (Lipinski definition) is 4. The van der Waals surface area contributed by atoms with Crippen LogP contribution in [0.15, 0.2) is 24.3 Å². The van der Waals surface area contributed by atoms with Crippen molar-refractivity contribution in [2.45, 2.75) is 26.3 Å². The Hall–Kier alpha value is -1.56. The van der Waals surface area contributed by atoms with Gasteiger partial charge in [0.1, 0.15) is 0 Å². The molecule has 6 heteroatoms. The SMILES string of the molecule is CC(C)C(=O)Nc1ccc(NC2CCS(=O)(=O)C2)cc1. The van der Waals surface area contributed by atoms with Crippen LogP contribution < -0.4 is 10.6 Å². The second-order valence-electron chi connectivity index (χ2n) is 5.47. The number of rotatable bonds is 4. The zero-order valence-corrected chi connectivity index (χ0v) is 12.5. The van der Waals surface area contributed by atoms with Crippen LogP contribution in [0.25, 0.3) is 0 Å². The summed E-state index contributed by atoms with van der Waals surface area (Å²) in [5.74, 6) is 0.371. The predicted octanol–water partition coefficient (Wildman–Crippen LogP) is 1.88. The van der Waals surface area contributed by atoms with Crippen LogP contribution >= 0.6 is 0 Å². The lowest BCUT2D eigenvalue weighted by Crippen LogP contribution is -2.20. The molecule has 110 valence electrons. The molecule has 0 radical (unpaired) electrons. The van der Waals surface area contributed by atoms with Gasteiger partial charge in [-0.25, -0.2) is 8.42 Å². The maximum atomic E-state index is 11.6. The summed E-state index contributed by atoms with van der Waals surface area (Å²) in [5, 5.41) is 6.02. The van der Waals surface area contributed by atoms with Gasteiger partial charge in [0.25, 0.3) is 0 Å². The average molecular weight is 296 g/mol. The van der Waals surface area contributed by atoms with Crippen molar-refractivity contribution < 1.29 is 13.2 Å². The molecule has 1 aliphatic heterocycles. The molecule has 2 N–H and O–H groups in total. The zero-order chi connectivity index (χ0) is 14.8. The van der Waals surface area contributed by atoms with Crippen LogP contribution in [0.3, 0.4) is 0 Å². The highest BCUT2D eigenvalue weighted by Crippen LogP contribution is 2.19. The highest BCUT2D eigenvalue weighted by Gasteiger charge is 2.27. The molecule has 1 aromatic rings. The van der Waals surface area contributed by atoms with Crippen LogP contribution in [0.1, 0.15) is 20.3 Å². The maximum absolute atomic E-state index is 11.6. The summed E-state index contributed by atoms with van der Waals surface area (Å²) in [6.07, 6.45) is 0.647. The summed E-state index contributed by atoms with van der Waals surface area (Å²) < 4.78 is 22.8. The van der Waals surface area contributed by atoms with Crippen LogP contribution in [-0.2, 0) is 14.6 Å². The number of amides is 1. The smallest absolute Gasteiger partial charge is 0.226 e. The number of nitrogens with one attached hydrogen (secondary N) is 2. The first kappa shape index (κ1) is 14.8. The number of carbonyl (C=O) groups is 1. The van der Waals surface area contributed by atoms with E-state index in [0.29, 0.717) is 6.42 Å². The van der Waals surface area contributed by atoms with E-state index >= 15 is 0 Å². The largest absolute Gasteiger partial charge is 0.381 e. The molecule has 0 aromatic heterocycles. The molecular weight excluding hydrogens is 276 g/mol. The van der Waals surface area contributed by atoms with E-state index in [-0.39, 0.29) is 29.4 Å². The van der Waals surface area contributed by atoms with Crippen molar-refractivity contribution in [1.82, 2.24) is 0 Å². The van der Waals surface area contributed by atoms with E-state index in [9.17, 15) is 13.2 Å². The first-order chi connectivity index (χ1) is 9.35. The van der Waals surface area contributed by atoms with Crippen molar-refractivity contribution in [1.29, 1.82) is 0 Å². The molecule has 0 bridgehead atoms. The van der Waals surface area contributed by atoms with Gasteiger partial charge in [-0.3, -0.25) is 4.79 Å². The Morgan fingerprint density at radius 1 is 1.20 bits per heavy atom. The van der Waals surface area contributed by atoms with Gasteiger partial charge in [0.2, 0.25) is 5.91 Å². The van der Waals surface area contributed by atoms with Crippen molar-refractivity contribution >= 4 is 27.1 Å². The summed E-state index contributed by atoms with van der Waals surface area (Å²) in [4.78, 5) is 11.6. The summed E-state index contributed by atoms with van der Waals surface area (Å²) in [5.41, 5.74) is 1.61. The third kappa shape index (κ3) is 3.96. The topological polar surface area (TPSA) is 75.3 Å². The molecule has 1 heterocycles. The van der Waals surface area contributed by atoms with E-state index in [1.165, 1.54) is 0 Å². The molecule has 0 aliphatic carbocycles. The molecule has 1 fully saturated rings. The monoisotopic (exact) mass is 296 g/mol. The molecule has 1 aromatic carbocycles. The Labute approximate surface area is 119 Å². The van der Waals surface area contributed by atoms with Gasteiger partial charge < -0.3 is 10.6 Å². The highest BCUT2D eigenvalue weighted by molar-refractivity contribution is 7.91. The Morgan fingerprint density at radius 2 is 1.80 bits per heavy atom. The molecular formula is C14H20N2O3S. The van der Waals surface area contributed by atoms with Crippen LogP contribution in [0.2, 0.25) is 0 Å². The lowest BCUT2D eigenvalue weighted by atomic mass is 10.2. The van der Waals surface area contributed by atoms with Crippen LogP contribution in [0.5, 0.6) is 0 Å². The third-order valence-electron chi connectivity index (χ3n) is 3.28. The molecule has 0 saturated carbocycles. The minimum atomic E-state index is -2.87. The molecule has 1 unspecified atom stereocenters. The number of anilines is 2. The van der Waals surface area contributed by atoms with Crippen molar-refractivity contribution in [3.05, 3.63) is 24.3 Å². The Kier molecular flexibility index (Phi) is 4.32. The third-order valence-corrected chi connectivity index (χ3v) is 5.05. The number of benzene rings is 1. The molecule has 1 saturated heterocycles. The Balaban J connectivity index is 1.94. The van der Waals surface area contributed by atoms with Gasteiger partial charge in [-0.1, -0.05) is 13.8 Å². The zero-order valence-electron chi connectivity index (χ0n) is 11.7. The Morgan fingerprint density at radius 3 is 2.30 bits per heavy atom. The van der Waals surface area contributed by atoms with E-state index in [1.807, 2.05) is 38.1 Å². The van der Waals surface area contributed by atoms with Gasteiger partial charge in [0, 0.05) is 23.3 Å². The van der Waals surface area contributed by atoms with E-state index < -0.39 is 9.84 Å². The molecule has 1 aliphatic rings. The molecule has 20 heavy (non-hydrogen) atoms. The first-order valence-electron chi connectivity index (χ1n) is 6.73. The maximum Gasteiger partial charge on any atom is 0.226 e. The second-order valence-corrected chi connectivity index (χ2v) is 7.69. The highest BCUT2D eigenvalue weighted by atomic mass is 32.2. The van der Waals surface area contributed by atoms with Gasteiger partial charge in [0.05, 0.1) is 11.5 Å². The van der Waals surface area contributed by atoms with E-state index in [1.54, 1.807) is 0 Å². The fourth-order valence-electron chi connectivity index (χ4n) is 2.08. The standard InChI is InChI=1S/C14H20N2O3S/c1-10(2)14(17)16-12-5-3-11(4-6-12)15-13-7-8-20(18,19)9-13/h3-6,10,13,15H,7-9H2,1-2H3,(H,16,17). The van der Waals surface area contributed by atoms with Gasteiger partial charge in [-0.05, 0) is 30.7 Å². The van der Waals surface area contributed by atoms with Crippen LogP contribution in [0, 0.1) is 5.92 Å². The molecule has 1 amide bonds. The van der Waals surface area contributed by atoms with Crippen LogP contribution in [-0.4, -0.2) is 31.9 Å². The van der Waals surface area contributed by atoms with Crippen LogP contribution in [0.4, 0.5) is 11.4 Å². The lowest BCUT2D eigenvalue weighted by Gasteiger charge is -2.13. The summed E-state index contributed by atoms with van der Waals surface area (Å²) in [6.45, 7) is 3.68. The summed E-state index contributed by atoms with van der Waals surface area (Å²) in [7, 11) is -2.87. The minimum Gasteiger partial charge on any atom is -0.381 e. The minimum absolute atomic E-state index is 0.0175. The number of carbonyl (C=O) groups excluding carboxylic acids is 1. The Bertz CT molecular complexity index is 579. The lowest BCUT2D eigenvalue weighted by molar-refractivity contribution is -0.118. The predicted molar refractivity (Wildman–Crippen MR) is 80.6 cm³/mol. The van der Waals surface area contributed by atoms with E-state index in [2.05, 4.69) is 10.6 Å². The van der Waals surface area contributed by atoms with Gasteiger partial charge in [0.15, 0.2) is 9.84 Å². The molecule has 1 atom stereocenters. The molecule has 0 spiro atoms. The second kappa shape index (κ2) is 5.83. The van der Waals surface area contributed by atoms with Gasteiger partial charge in [-0.2, -0.15) is 0 Å². The van der Waals surface area contributed by atoms with Crippen molar-refractivity contribution in [2.24, 2.45) is 5.92 Å². The molecule has 5 nitrogen and oxygen atoms in total. The number of sulfone groups is 1. The van der Waals surface area contributed by atoms with Crippen molar-refractivity contribution in [2.75, 3.05) is 22.1 Å². The summed E-state index contributed by atoms with van der Waals surface area (Å²) >= 11 is 0. The normalized spacial score (nSPS) is 20.9. The van der Waals surface area contributed by atoms with Gasteiger partial charge in [-0.15, -0.1) is 0 Å². The average Bonchev–Trinajstić information content (AvgIpc) is 2.71. The number of hydrogen-bond donors (Lipinski definition) is 2. The fraction of sp³-hybridized carbons (Fsp3) is 0.500. The first-order valence-corrected chi connectivity index (χ1v) is 8.56. The summed E-state index contributed by atoms with van der Waals surface area (Å²) in [6, 6.07) is 7.30. The quantitative estimate of drug-likeness (QED) is 0.889. The van der Waals surface area contributed by atoms with Gasteiger partial charge >= 0.3 is 0 Å². The van der Waals surface area contributed by atoms with Crippen molar-refractivity contribution in [3.8, 4) is 0 Å². The van der Waals surface area contributed by atoms with Crippen molar-refractivity contribution in [3.63, 3.8) is 0 Å². The van der Waals surface area contributed by atoms with E-state index in [4.69, 9.17) is 0 Å². The molecule has 2 rings (SSSR count).